The van der Waals surface area contributed by atoms with Crippen LogP contribution in [-0.4, -0.2) is 74.6 Å². The summed E-state index contributed by atoms with van der Waals surface area (Å²) >= 11 is 0. The third kappa shape index (κ3) is 5.81. The lowest BCUT2D eigenvalue weighted by atomic mass is 10.2. The third-order valence-electron chi connectivity index (χ3n) is 4.61. The highest BCUT2D eigenvalue weighted by atomic mass is 35.5. The molecule has 0 unspecified atom stereocenters. The van der Waals surface area contributed by atoms with Gasteiger partial charge in [0, 0.05) is 71.0 Å². The van der Waals surface area contributed by atoms with E-state index in [4.69, 9.17) is 0 Å². The van der Waals surface area contributed by atoms with Crippen molar-refractivity contribution in [2.24, 2.45) is 0 Å². The monoisotopic (exact) mass is 374 g/mol. The molecule has 0 atom stereocenters. The molecule has 2 fully saturated rings. The second-order valence-corrected chi connectivity index (χ2v) is 6.05. The van der Waals surface area contributed by atoms with E-state index >= 15 is 0 Å². The molecule has 2 saturated heterocycles. The zero-order chi connectivity index (χ0) is 15.2. The number of rotatable bonds is 4. The Kier molecular flexibility index (Phi) is 9.44. The Balaban J connectivity index is 0.00000144. The van der Waals surface area contributed by atoms with Crippen LogP contribution in [0.2, 0.25) is 0 Å². The summed E-state index contributed by atoms with van der Waals surface area (Å²) in [5.41, 5.74) is 1.30. The van der Waals surface area contributed by atoms with Gasteiger partial charge in [0.25, 0.3) is 0 Å². The molecule has 1 N–H and O–H groups in total. The summed E-state index contributed by atoms with van der Waals surface area (Å²) in [6.07, 6.45) is 0.658. The predicted molar refractivity (Wildman–Crippen MR) is 104 cm³/mol. The lowest BCUT2D eigenvalue weighted by Gasteiger charge is -2.36. The molecular formula is C17H28Cl2N4O. The van der Waals surface area contributed by atoms with Crippen LogP contribution in [0.1, 0.15) is 6.42 Å². The van der Waals surface area contributed by atoms with E-state index < -0.39 is 0 Å². The first-order valence-electron chi connectivity index (χ1n) is 8.34. The summed E-state index contributed by atoms with van der Waals surface area (Å²) in [6, 6.07) is 10.6. The maximum Gasteiger partial charge on any atom is 0.223 e. The summed E-state index contributed by atoms with van der Waals surface area (Å²) in [5, 5.41) is 3.29. The largest absolute Gasteiger partial charge is 0.369 e. The molecule has 1 aromatic carbocycles. The second kappa shape index (κ2) is 10.8. The number of amides is 1. The van der Waals surface area contributed by atoms with E-state index in [1.54, 1.807) is 0 Å². The number of nitrogens with one attached hydrogen (secondary N) is 1. The van der Waals surface area contributed by atoms with Gasteiger partial charge < -0.3 is 15.1 Å². The van der Waals surface area contributed by atoms with Crippen LogP contribution in [0.25, 0.3) is 0 Å². The van der Waals surface area contributed by atoms with Crippen molar-refractivity contribution < 1.29 is 4.79 Å². The summed E-state index contributed by atoms with van der Waals surface area (Å²) in [5.74, 6) is 0.312. The van der Waals surface area contributed by atoms with Crippen molar-refractivity contribution in [3.63, 3.8) is 0 Å². The van der Waals surface area contributed by atoms with Crippen LogP contribution in [0.4, 0.5) is 5.69 Å². The van der Waals surface area contributed by atoms with Gasteiger partial charge in [0.15, 0.2) is 0 Å². The second-order valence-electron chi connectivity index (χ2n) is 6.05. The Hall–Kier alpha value is -1.01. The number of para-hydroxylation sites is 1. The van der Waals surface area contributed by atoms with Crippen molar-refractivity contribution in [2.75, 3.05) is 63.8 Å². The molecule has 5 nitrogen and oxygen atoms in total. The van der Waals surface area contributed by atoms with Gasteiger partial charge in [-0.25, -0.2) is 0 Å². The van der Waals surface area contributed by atoms with Crippen molar-refractivity contribution in [1.82, 2.24) is 15.1 Å². The van der Waals surface area contributed by atoms with Crippen LogP contribution in [0.3, 0.4) is 0 Å². The molecule has 2 aliphatic rings. The van der Waals surface area contributed by atoms with Gasteiger partial charge in [-0.15, -0.1) is 24.8 Å². The topological polar surface area (TPSA) is 38.8 Å². The number of halogens is 2. The van der Waals surface area contributed by atoms with Gasteiger partial charge in [-0.3, -0.25) is 9.69 Å². The molecule has 2 aliphatic heterocycles. The van der Waals surface area contributed by atoms with Gasteiger partial charge in [0.2, 0.25) is 5.91 Å². The fraction of sp³-hybridized carbons (Fsp3) is 0.588. The van der Waals surface area contributed by atoms with Gasteiger partial charge >= 0.3 is 0 Å². The number of benzene rings is 1. The molecule has 1 amide bonds. The molecule has 0 spiro atoms. The van der Waals surface area contributed by atoms with Crippen LogP contribution >= 0.6 is 24.8 Å². The minimum atomic E-state index is 0. The quantitative estimate of drug-likeness (QED) is 0.865. The lowest BCUT2D eigenvalue weighted by Crippen LogP contribution is -2.49. The average molecular weight is 375 g/mol. The van der Waals surface area contributed by atoms with Crippen molar-refractivity contribution in [1.29, 1.82) is 0 Å². The predicted octanol–water partition coefficient (Wildman–Crippen LogP) is 1.47. The zero-order valence-electron chi connectivity index (χ0n) is 14.0. The minimum Gasteiger partial charge on any atom is -0.369 e. The zero-order valence-corrected chi connectivity index (χ0v) is 15.7. The van der Waals surface area contributed by atoms with Gasteiger partial charge in [-0.1, -0.05) is 18.2 Å². The number of nitrogens with zero attached hydrogens (tertiary/aromatic N) is 3. The van der Waals surface area contributed by atoms with Gasteiger partial charge in [0.05, 0.1) is 0 Å². The molecule has 7 heteroatoms. The first kappa shape index (κ1) is 21.0. The Labute approximate surface area is 157 Å². The standard InChI is InChI=1S/C17H26N4O.2ClH/c22-17(21-10-7-18-8-11-21)6-9-19-12-14-20(15-13-19)16-4-2-1-3-5-16;;/h1-5,18H,6-15H2;2*1H. The minimum absolute atomic E-state index is 0. The summed E-state index contributed by atoms with van der Waals surface area (Å²) in [6.45, 7) is 8.67. The Bertz CT molecular complexity index is 475. The van der Waals surface area contributed by atoms with Gasteiger partial charge in [-0.2, -0.15) is 0 Å². The fourth-order valence-corrected chi connectivity index (χ4v) is 3.19. The van der Waals surface area contributed by atoms with Crippen molar-refractivity contribution in [2.45, 2.75) is 6.42 Å². The highest BCUT2D eigenvalue weighted by molar-refractivity contribution is 5.85. The van der Waals surface area contributed by atoms with E-state index in [0.29, 0.717) is 12.3 Å². The van der Waals surface area contributed by atoms with Crippen LogP contribution in [0, 0.1) is 0 Å². The Morgan fingerprint density at radius 1 is 0.917 bits per heavy atom. The first-order chi connectivity index (χ1) is 10.8. The van der Waals surface area contributed by atoms with E-state index in [0.717, 1.165) is 58.9 Å². The summed E-state index contributed by atoms with van der Waals surface area (Å²) in [4.78, 5) is 19.0. The van der Waals surface area contributed by atoms with E-state index in [-0.39, 0.29) is 24.8 Å². The van der Waals surface area contributed by atoms with Crippen molar-refractivity contribution >= 4 is 36.4 Å². The number of hydrogen-bond acceptors (Lipinski definition) is 4. The number of carbonyl (C=O) groups excluding carboxylic acids is 1. The van der Waals surface area contributed by atoms with Crippen molar-refractivity contribution in [3.8, 4) is 0 Å². The molecule has 0 radical (unpaired) electrons. The van der Waals surface area contributed by atoms with Gasteiger partial charge in [-0.05, 0) is 12.1 Å². The fourth-order valence-electron chi connectivity index (χ4n) is 3.19. The molecule has 2 heterocycles. The average Bonchev–Trinajstić information content (AvgIpc) is 2.61. The van der Waals surface area contributed by atoms with E-state index in [1.165, 1.54) is 5.69 Å². The van der Waals surface area contributed by atoms with E-state index in [9.17, 15) is 4.79 Å². The van der Waals surface area contributed by atoms with E-state index in [2.05, 4.69) is 45.4 Å². The molecule has 24 heavy (non-hydrogen) atoms. The maximum absolute atomic E-state index is 12.2. The first-order valence-corrected chi connectivity index (χ1v) is 8.34. The normalized spacial score (nSPS) is 18.5. The number of carbonyl (C=O) groups is 1. The molecular weight excluding hydrogens is 347 g/mol. The number of piperazine rings is 2. The third-order valence-corrected chi connectivity index (χ3v) is 4.61. The SMILES string of the molecule is Cl.Cl.O=C(CCN1CCN(c2ccccc2)CC1)N1CCNCC1. The van der Waals surface area contributed by atoms with Crippen molar-refractivity contribution in [3.05, 3.63) is 30.3 Å². The maximum atomic E-state index is 12.2. The molecule has 0 saturated carbocycles. The van der Waals surface area contributed by atoms with Crippen LogP contribution < -0.4 is 10.2 Å². The molecule has 1 aromatic rings. The molecule has 0 aliphatic carbocycles. The van der Waals surface area contributed by atoms with Crippen LogP contribution in [0.5, 0.6) is 0 Å². The smallest absolute Gasteiger partial charge is 0.223 e. The summed E-state index contributed by atoms with van der Waals surface area (Å²) in [7, 11) is 0. The lowest BCUT2D eigenvalue weighted by molar-refractivity contribution is -0.132. The molecule has 136 valence electrons. The molecule has 0 bridgehead atoms. The highest BCUT2D eigenvalue weighted by Crippen LogP contribution is 2.15. The Morgan fingerprint density at radius 2 is 1.54 bits per heavy atom. The van der Waals surface area contributed by atoms with Crippen LogP contribution in [-0.2, 0) is 4.79 Å². The summed E-state index contributed by atoms with van der Waals surface area (Å²) < 4.78 is 0. The van der Waals surface area contributed by atoms with Crippen LogP contribution in [0.15, 0.2) is 30.3 Å². The molecule has 3 rings (SSSR count). The number of hydrogen-bond donors (Lipinski definition) is 1. The number of anilines is 1. The molecule has 0 aromatic heterocycles. The van der Waals surface area contributed by atoms with E-state index in [1.807, 2.05) is 4.90 Å². The highest BCUT2D eigenvalue weighted by Gasteiger charge is 2.20. The Morgan fingerprint density at radius 3 is 2.17 bits per heavy atom. The van der Waals surface area contributed by atoms with Gasteiger partial charge in [0.1, 0.15) is 0 Å².